The number of halogens is 2. The zero-order chi connectivity index (χ0) is 18.4. The van der Waals surface area contributed by atoms with E-state index in [1.165, 1.54) is 12.1 Å². The van der Waals surface area contributed by atoms with E-state index in [0.717, 1.165) is 30.0 Å². The third-order valence-corrected chi connectivity index (χ3v) is 4.17. The maximum Gasteiger partial charge on any atom is 0.180 e. The van der Waals surface area contributed by atoms with Gasteiger partial charge in [-0.3, -0.25) is 0 Å². The third-order valence-electron chi connectivity index (χ3n) is 3.89. The lowest BCUT2D eigenvalue weighted by atomic mass is 10.2. The molecule has 0 aliphatic heterocycles. The maximum atomic E-state index is 13.0. The van der Waals surface area contributed by atoms with Crippen LogP contribution in [-0.4, -0.2) is 7.11 Å². The summed E-state index contributed by atoms with van der Waals surface area (Å²) in [6.07, 6.45) is 1.66. The highest BCUT2D eigenvalue weighted by Gasteiger charge is 2.13. The number of furan rings is 1. The Kier molecular flexibility index (Phi) is 6.15. The highest BCUT2D eigenvalue weighted by Crippen LogP contribution is 2.36. The largest absolute Gasteiger partial charge is 0.493 e. The van der Waals surface area contributed by atoms with E-state index >= 15 is 0 Å². The van der Waals surface area contributed by atoms with Gasteiger partial charge >= 0.3 is 0 Å². The highest BCUT2D eigenvalue weighted by molar-refractivity contribution is 6.32. The number of ether oxygens (including phenoxy) is 2. The molecular formula is C20H20ClFNO3+. The van der Waals surface area contributed by atoms with E-state index in [9.17, 15) is 4.39 Å². The minimum atomic E-state index is -0.278. The lowest BCUT2D eigenvalue weighted by Gasteiger charge is -2.14. The van der Waals surface area contributed by atoms with E-state index in [4.69, 9.17) is 25.5 Å². The van der Waals surface area contributed by atoms with Crippen LogP contribution in [0.2, 0.25) is 5.02 Å². The van der Waals surface area contributed by atoms with E-state index in [-0.39, 0.29) is 12.4 Å². The molecule has 2 aromatic carbocycles. The van der Waals surface area contributed by atoms with Gasteiger partial charge in [0.05, 0.1) is 18.4 Å². The first-order valence-corrected chi connectivity index (χ1v) is 8.61. The van der Waals surface area contributed by atoms with Crippen molar-refractivity contribution in [2.75, 3.05) is 7.11 Å². The number of methoxy groups -OCH3 is 1. The van der Waals surface area contributed by atoms with Crippen molar-refractivity contribution in [3.05, 3.63) is 82.5 Å². The molecule has 0 unspecified atom stereocenters. The molecule has 1 aromatic heterocycles. The predicted octanol–water partition coefficient (Wildman–Crippen LogP) is 3.92. The second kappa shape index (κ2) is 8.74. The lowest BCUT2D eigenvalue weighted by molar-refractivity contribution is -0.688. The van der Waals surface area contributed by atoms with Crippen molar-refractivity contribution < 1.29 is 23.6 Å². The molecule has 3 rings (SSSR count). The molecule has 0 aliphatic rings. The minimum absolute atomic E-state index is 0.278. The first kappa shape index (κ1) is 18.3. The molecular weight excluding hydrogens is 357 g/mol. The first-order valence-electron chi connectivity index (χ1n) is 8.23. The Hall–Kier alpha value is -2.50. The number of rotatable bonds is 8. The molecule has 6 heteroatoms. The van der Waals surface area contributed by atoms with E-state index < -0.39 is 0 Å². The standard InChI is InChI=1S/C20H19ClFNO3/c1-24-19-10-15(11-23-12-17-3-2-8-25-17)9-18(21)20(19)26-13-14-4-6-16(22)7-5-14/h2-10,23H,11-13H2,1H3/p+1. The Morgan fingerprint density at radius 1 is 1.08 bits per heavy atom. The Bertz CT molecular complexity index is 835. The van der Waals surface area contributed by atoms with Crippen molar-refractivity contribution in [3.63, 3.8) is 0 Å². The van der Waals surface area contributed by atoms with Crippen molar-refractivity contribution in [1.29, 1.82) is 0 Å². The number of nitrogens with two attached hydrogens (primary N) is 1. The molecule has 0 aliphatic carbocycles. The summed E-state index contributed by atoms with van der Waals surface area (Å²) in [4.78, 5) is 0. The fourth-order valence-corrected chi connectivity index (χ4v) is 2.86. The van der Waals surface area contributed by atoms with E-state index in [1.807, 2.05) is 24.3 Å². The number of benzene rings is 2. The van der Waals surface area contributed by atoms with Crippen LogP contribution >= 0.6 is 11.6 Å². The molecule has 136 valence electrons. The van der Waals surface area contributed by atoms with Gasteiger partial charge in [-0.25, -0.2) is 4.39 Å². The van der Waals surface area contributed by atoms with Crippen LogP contribution in [0, 0.1) is 5.82 Å². The summed E-state index contributed by atoms with van der Waals surface area (Å²) < 4.78 is 29.5. The molecule has 4 nitrogen and oxygen atoms in total. The van der Waals surface area contributed by atoms with Crippen molar-refractivity contribution in [2.45, 2.75) is 19.7 Å². The quantitative estimate of drug-likeness (QED) is 0.648. The smallest absolute Gasteiger partial charge is 0.180 e. The van der Waals surface area contributed by atoms with E-state index in [1.54, 1.807) is 25.5 Å². The van der Waals surface area contributed by atoms with Crippen molar-refractivity contribution in [3.8, 4) is 11.5 Å². The van der Waals surface area contributed by atoms with Gasteiger partial charge in [-0.05, 0) is 42.0 Å². The summed E-state index contributed by atoms with van der Waals surface area (Å²) >= 11 is 6.39. The fraction of sp³-hybridized carbons (Fsp3) is 0.200. The summed E-state index contributed by atoms with van der Waals surface area (Å²) in [5.74, 6) is 1.69. The van der Waals surface area contributed by atoms with Crippen molar-refractivity contribution in [2.24, 2.45) is 0 Å². The minimum Gasteiger partial charge on any atom is -0.493 e. The summed E-state index contributed by atoms with van der Waals surface area (Å²) in [6, 6.07) is 13.7. The van der Waals surface area contributed by atoms with Gasteiger partial charge in [0.2, 0.25) is 0 Å². The molecule has 3 aromatic rings. The molecule has 0 radical (unpaired) electrons. The van der Waals surface area contributed by atoms with Crippen molar-refractivity contribution >= 4 is 11.6 Å². The van der Waals surface area contributed by atoms with Crippen LogP contribution in [0.15, 0.2) is 59.2 Å². The molecule has 0 saturated carbocycles. The second-order valence-electron chi connectivity index (χ2n) is 5.80. The highest BCUT2D eigenvalue weighted by atomic mass is 35.5. The Balaban J connectivity index is 1.65. The third kappa shape index (κ3) is 4.77. The van der Waals surface area contributed by atoms with Crippen LogP contribution in [0.25, 0.3) is 0 Å². The molecule has 0 spiro atoms. The Morgan fingerprint density at radius 3 is 2.58 bits per heavy atom. The average Bonchev–Trinajstić information content (AvgIpc) is 3.15. The van der Waals surface area contributed by atoms with Crippen LogP contribution in [-0.2, 0) is 19.7 Å². The van der Waals surface area contributed by atoms with Gasteiger partial charge in [0, 0.05) is 5.56 Å². The molecule has 2 N–H and O–H groups in total. The number of hydrogen-bond donors (Lipinski definition) is 1. The Labute approximate surface area is 156 Å². The van der Waals surface area contributed by atoms with Gasteiger partial charge in [0.15, 0.2) is 17.3 Å². The molecule has 26 heavy (non-hydrogen) atoms. The van der Waals surface area contributed by atoms with Gasteiger partial charge in [0.25, 0.3) is 0 Å². The zero-order valence-electron chi connectivity index (χ0n) is 14.4. The van der Waals surface area contributed by atoms with Gasteiger partial charge in [-0.2, -0.15) is 0 Å². The molecule has 0 atom stereocenters. The first-order chi connectivity index (χ1) is 12.7. The predicted molar refractivity (Wildman–Crippen MR) is 96.8 cm³/mol. The SMILES string of the molecule is COc1cc(C[NH2+]Cc2ccco2)cc(Cl)c1OCc1ccc(F)cc1. The monoisotopic (exact) mass is 376 g/mol. The van der Waals surface area contributed by atoms with Gasteiger partial charge in [-0.1, -0.05) is 23.7 Å². The van der Waals surface area contributed by atoms with Crippen LogP contribution in [0.1, 0.15) is 16.9 Å². The normalized spacial score (nSPS) is 10.7. The van der Waals surface area contributed by atoms with Crippen LogP contribution < -0.4 is 14.8 Å². The summed E-state index contributed by atoms with van der Waals surface area (Å²) in [6.45, 7) is 1.76. The number of hydrogen-bond acceptors (Lipinski definition) is 3. The van der Waals surface area contributed by atoms with Gasteiger partial charge in [0.1, 0.15) is 25.5 Å². The second-order valence-corrected chi connectivity index (χ2v) is 6.21. The number of quaternary nitrogens is 1. The molecule has 0 saturated heterocycles. The summed E-state index contributed by atoms with van der Waals surface area (Å²) in [7, 11) is 1.58. The average molecular weight is 377 g/mol. The lowest BCUT2D eigenvalue weighted by Crippen LogP contribution is -2.80. The fourth-order valence-electron chi connectivity index (χ4n) is 2.58. The molecule has 1 heterocycles. The van der Waals surface area contributed by atoms with Crippen LogP contribution in [0.4, 0.5) is 4.39 Å². The van der Waals surface area contributed by atoms with E-state index in [0.29, 0.717) is 16.5 Å². The van der Waals surface area contributed by atoms with Gasteiger partial charge in [-0.15, -0.1) is 0 Å². The molecule has 0 bridgehead atoms. The Morgan fingerprint density at radius 2 is 1.88 bits per heavy atom. The topological polar surface area (TPSA) is 48.2 Å². The summed E-state index contributed by atoms with van der Waals surface area (Å²) in [5.41, 5.74) is 1.87. The maximum absolute atomic E-state index is 13.0. The van der Waals surface area contributed by atoms with Crippen molar-refractivity contribution in [1.82, 2.24) is 0 Å². The zero-order valence-corrected chi connectivity index (χ0v) is 15.1. The van der Waals surface area contributed by atoms with Gasteiger partial charge < -0.3 is 19.2 Å². The molecule has 0 amide bonds. The van der Waals surface area contributed by atoms with Crippen LogP contribution in [0.5, 0.6) is 11.5 Å². The molecule has 0 fully saturated rings. The summed E-state index contributed by atoms with van der Waals surface area (Å²) in [5, 5.41) is 2.59. The van der Waals surface area contributed by atoms with Crippen LogP contribution in [0.3, 0.4) is 0 Å². The van der Waals surface area contributed by atoms with E-state index in [2.05, 4.69) is 5.32 Å².